The molecule has 0 saturated carbocycles. The normalized spacial score (nSPS) is 25.6. The van der Waals surface area contributed by atoms with Gasteiger partial charge in [-0.25, -0.2) is 4.39 Å². The maximum absolute atomic E-state index is 14.2. The second-order valence-electron chi connectivity index (χ2n) is 10.9. The van der Waals surface area contributed by atoms with Gasteiger partial charge in [-0.2, -0.15) is 0 Å². The Labute approximate surface area is 206 Å². The van der Waals surface area contributed by atoms with E-state index in [1.54, 1.807) is 0 Å². The fraction of sp³-hybridized carbons (Fsp3) is 0.467. The number of carbonyl (C=O) groups is 1. The lowest BCUT2D eigenvalue weighted by Crippen LogP contribution is -2.55. The summed E-state index contributed by atoms with van der Waals surface area (Å²) in [6, 6.07) is 16.2. The third kappa shape index (κ3) is 4.47. The lowest BCUT2D eigenvalue weighted by atomic mass is 9.73. The van der Waals surface area contributed by atoms with Crippen LogP contribution in [0.5, 0.6) is 0 Å². The van der Waals surface area contributed by atoms with E-state index >= 15 is 0 Å². The number of ether oxygens (including phenoxy) is 1. The number of halogens is 1. The number of benzene rings is 2. The van der Waals surface area contributed by atoms with E-state index in [9.17, 15) is 9.18 Å². The monoisotopic (exact) mass is 472 g/mol. The van der Waals surface area contributed by atoms with Crippen LogP contribution in [-0.2, 0) is 22.4 Å². The van der Waals surface area contributed by atoms with Gasteiger partial charge in [0, 0.05) is 43.1 Å². The minimum absolute atomic E-state index is 0.232. The molecule has 0 aliphatic carbocycles. The number of aromatic nitrogens is 1. The van der Waals surface area contributed by atoms with Crippen LogP contribution in [0.1, 0.15) is 49.7 Å². The molecule has 0 N–H and O–H groups in total. The van der Waals surface area contributed by atoms with Gasteiger partial charge >= 0.3 is 0 Å². The molecular weight excluding hydrogens is 439 g/mol. The highest BCUT2D eigenvalue weighted by Crippen LogP contribution is 2.45. The quantitative estimate of drug-likeness (QED) is 0.477. The zero-order valence-corrected chi connectivity index (χ0v) is 20.2. The molecule has 182 valence electrons. The van der Waals surface area contributed by atoms with E-state index in [0.717, 1.165) is 50.5 Å². The molecule has 3 saturated heterocycles. The number of amides is 1. The van der Waals surface area contributed by atoms with Crippen LogP contribution in [0.4, 0.5) is 4.39 Å². The van der Waals surface area contributed by atoms with E-state index in [0.29, 0.717) is 43.5 Å². The van der Waals surface area contributed by atoms with Crippen LogP contribution in [0.25, 0.3) is 10.8 Å². The maximum Gasteiger partial charge on any atom is 0.229 e. The Hall–Kier alpha value is -2.79. The summed E-state index contributed by atoms with van der Waals surface area (Å²) in [4.78, 5) is 20.7. The summed E-state index contributed by atoms with van der Waals surface area (Å²) in [5, 5.41) is 2.43. The number of fused-ring (bicyclic) bond motifs is 3. The highest BCUT2D eigenvalue weighted by molar-refractivity contribution is 5.84. The second kappa shape index (κ2) is 9.34. The molecule has 6 rings (SSSR count). The van der Waals surface area contributed by atoms with Crippen LogP contribution < -0.4 is 0 Å². The van der Waals surface area contributed by atoms with Crippen molar-refractivity contribution < 1.29 is 13.9 Å². The van der Waals surface area contributed by atoms with Gasteiger partial charge < -0.3 is 9.64 Å². The van der Waals surface area contributed by atoms with E-state index in [4.69, 9.17) is 4.74 Å². The van der Waals surface area contributed by atoms with Crippen molar-refractivity contribution in [3.8, 4) is 0 Å². The Morgan fingerprint density at radius 3 is 2.43 bits per heavy atom. The van der Waals surface area contributed by atoms with Gasteiger partial charge in [0.2, 0.25) is 5.91 Å². The smallest absolute Gasteiger partial charge is 0.229 e. The minimum Gasteiger partial charge on any atom is -0.381 e. The highest BCUT2D eigenvalue weighted by atomic mass is 19.1. The maximum atomic E-state index is 14.2. The topological polar surface area (TPSA) is 42.4 Å². The van der Waals surface area contributed by atoms with Crippen LogP contribution in [0.15, 0.2) is 60.9 Å². The molecule has 3 aromatic rings. The van der Waals surface area contributed by atoms with Gasteiger partial charge in [0.15, 0.2) is 0 Å². The Kier molecular flexibility index (Phi) is 6.05. The number of rotatable bonds is 5. The number of hydrogen-bond donors (Lipinski definition) is 0. The molecule has 1 aromatic heterocycles. The van der Waals surface area contributed by atoms with Crippen molar-refractivity contribution in [1.29, 1.82) is 0 Å². The molecule has 3 fully saturated rings. The van der Waals surface area contributed by atoms with Gasteiger partial charge in [-0.05, 0) is 92.0 Å². The molecule has 4 nitrogen and oxygen atoms in total. The number of pyridine rings is 1. The summed E-state index contributed by atoms with van der Waals surface area (Å²) < 4.78 is 19.2. The zero-order valence-electron chi connectivity index (χ0n) is 20.2. The molecule has 3 aliphatic heterocycles. The molecule has 4 heterocycles. The van der Waals surface area contributed by atoms with Gasteiger partial charge in [0.25, 0.3) is 0 Å². The number of carbonyl (C=O) groups excluding carboxylic acids is 1. The predicted octanol–water partition coefficient (Wildman–Crippen LogP) is 5.73. The molecule has 2 atom stereocenters. The van der Waals surface area contributed by atoms with E-state index in [1.165, 1.54) is 28.5 Å². The standard InChI is InChI=1S/C30H33FN2O2/c31-26-5-2-21(3-6-26)19-30(10-13-35-14-11-30)29(34)33-27-7-8-28(33)18-23(17-27)15-22-1-4-25-20-32-12-9-24(25)16-22/h1-6,9,12,16,20,23,27-28H,7-8,10-11,13-15,17-19H2/t27-,28-/m0/s1. The van der Waals surface area contributed by atoms with Crippen LogP contribution in [0, 0.1) is 17.2 Å². The Morgan fingerprint density at radius 1 is 0.971 bits per heavy atom. The van der Waals surface area contributed by atoms with Crippen molar-refractivity contribution >= 4 is 16.7 Å². The van der Waals surface area contributed by atoms with E-state index < -0.39 is 5.41 Å². The molecule has 0 radical (unpaired) electrons. The Morgan fingerprint density at radius 2 is 1.69 bits per heavy atom. The summed E-state index contributed by atoms with van der Waals surface area (Å²) in [5.74, 6) is 0.692. The molecular formula is C30H33FN2O2. The first-order chi connectivity index (χ1) is 17.1. The van der Waals surface area contributed by atoms with Crippen molar-refractivity contribution in [1.82, 2.24) is 9.88 Å². The predicted molar refractivity (Wildman–Crippen MR) is 134 cm³/mol. The molecule has 0 spiro atoms. The first-order valence-corrected chi connectivity index (χ1v) is 13.1. The third-order valence-electron chi connectivity index (χ3n) is 8.65. The fourth-order valence-electron chi connectivity index (χ4n) is 6.88. The van der Waals surface area contributed by atoms with Gasteiger partial charge in [-0.1, -0.05) is 30.3 Å². The van der Waals surface area contributed by atoms with Crippen LogP contribution >= 0.6 is 0 Å². The van der Waals surface area contributed by atoms with E-state index in [2.05, 4.69) is 34.1 Å². The average molecular weight is 473 g/mol. The molecule has 1 amide bonds. The van der Waals surface area contributed by atoms with Gasteiger partial charge in [-0.3, -0.25) is 9.78 Å². The summed E-state index contributed by atoms with van der Waals surface area (Å²) in [7, 11) is 0. The first kappa shape index (κ1) is 22.7. The summed E-state index contributed by atoms with van der Waals surface area (Å²) >= 11 is 0. The third-order valence-corrected chi connectivity index (χ3v) is 8.65. The minimum atomic E-state index is -0.434. The first-order valence-electron chi connectivity index (χ1n) is 13.1. The van der Waals surface area contributed by atoms with Crippen LogP contribution in [-0.4, -0.2) is 41.1 Å². The molecule has 2 bridgehead atoms. The van der Waals surface area contributed by atoms with Gasteiger partial charge in [-0.15, -0.1) is 0 Å². The molecule has 0 unspecified atom stereocenters. The second-order valence-corrected chi connectivity index (χ2v) is 10.9. The van der Waals surface area contributed by atoms with E-state index in [1.807, 2.05) is 24.5 Å². The van der Waals surface area contributed by atoms with Gasteiger partial charge in [0.1, 0.15) is 5.82 Å². The van der Waals surface area contributed by atoms with Crippen molar-refractivity contribution in [2.24, 2.45) is 11.3 Å². The van der Waals surface area contributed by atoms with Crippen molar-refractivity contribution in [2.75, 3.05) is 13.2 Å². The number of nitrogens with zero attached hydrogens (tertiary/aromatic N) is 2. The fourth-order valence-corrected chi connectivity index (χ4v) is 6.88. The molecule has 35 heavy (non-hydrogen) atoms. The average Bonchev–Trinajstić information content (AvgIpc) is 3.15. The van der Waals surface area contributed by atoms with Crippen molar-refractivity contribution in [3.63, 3.8) is 0 Å². The Balaban J connectivity index is 1.19. The summed E-state index contributed by atoms with van der Waals surface area (Å²) in [6.45, 7) is 1.24. The van der Waals surface area contributed by atoms with Crippen LogP contribution in [0.2, 0.25) is 0 Å². The highest BCUT2D eigenvalue weighted by Gasteiger charge is 2.50. The van der Waals surface area contributed by atoms with Crippen molar-refractivity contribution in [2.45, 2.75) is 63.5 Å². The van der Waals surface area contributed by atoms with Crippen molar-refractivity contribution in [3.05, 3.63) is 77.9 Å². The lowest BCUT2D eigenvalue weighted by Gasteiger charge is -2.46. The summed E-state index contributed by atoms with van der Waals surface area (Å²) in [6.07, 6.45) is 11.4. The van der Waals surface area contributed by atoms with E-state index in [-0.39, 0.29) is 5.82 Å². The zero-order chi connectivity index (χ0) is 23.8. The molecule has 3 aliphatic rings. The molecule has 2 aromatic carbocycles. The largest absolute Gasteiger partial charge is 0.381 e. The Bertz CT molecular complexity index is 1190. The summed E-state index contributed by atoms with van der Waals surface area (Å²) in [5.41, 5.74) is 1.98. The molecule has 5 heteroatoms. The lowest BCUT2D eigenvalue weighted by molar-refractivity contribution is -0.153. The van der Waals surface area contributed by atoms with Gasteiger partial charge in [0.05, 0.1) is 5.41 Å². The number of piperidine rings is 1. The number of hydrogen-bond acceptors (Lipinski definition) is 3. The van der Waals surface area contributed by atoms with Crippen LogP contribution in [0.3, 0.4) is 0 Å². The SMILES string of the molecule is O=C(N1[C@H]2CC[C@H]1CC(Cc1ccc3cnccc3c1)C2)C1(Cc2ccc(F)cc2)CCOCC1.